The number of aliphatic hydroxyl groups excluding tert-OH is 1. The molecule has 126 valence electrons. The number of amides is 1. The van der Waals surface area contributed by atoms with E-state index >= 15 is 0 Å². The third-order valence-electron chi connectivity index (χ3n) is 4.65. The van der Waals surface area contributed by atoms with Crippen LogP contribution in [0.2, 0.25) is 0 Å². The van der Waals surface area contributed by atoms with Gasteiger partial charge in [0.25, 0.3) is 5.91 Å². The van der Waals surface area contributed by atoms with E-state index < -0.39 is 9.84 Å². The smallest absolute Gasteiger partial charge is 0.272 e. The van der Waals surface area contributed by atoms with Crippen LogP contribution in [0.5, 0.6) is 0 Å². The minimum absolute atomic E-state index is 0.0135. The van der Waals surface area contributed by atoms with E-state index in [4.69, 9.17) is 5.11 Å². The molecule has 0 bridgehead atoms. The van der Waals surface area contributed by atoms with Crippen molar-refractivity contribution in [1.29, 1.82) is 0 Å². The first-order valence-electron chi connectivity index (χ1n) is 7.77. The molecular formula is C15H21N3O4S. The summed E-state index contributed by atoms with van der Waals surface area (Å²) in [5.41, 5.74) is 0.684. The summed E-state index contributed by atoms with van der Waals surface area (Å²) in [6.45, 7) is 3.71. The van der Waals surface area contributed by atoms with Crippen molar-refractivity contribution in [3.8, 4) is 0 Å². The molecule has 1 aromatic rings. The number of sulfone groups is 1. The van der Waals surface area contributed by atoms with Crippen LogP contribution < -0.4 is 0 Å². The van der Waals surface area contributed by atoms with Crippen LogP contribution in [0.25, 0.3) is 0 Å². The Balaban J connectivity index is 1.88. The van der Waals surface area contributed by atoms with Gasteiger partial charge in [-0.15, -0.1) is 0 Å². The Morgan fingerprint density at radius 1 is 1.30 bits per heavy atom. The second-order valence-corrected chi connectivity index (χ2v) is 8.16. The summed E-state index contributed by atoms with van der Waals surface area (Å²) in [4.78, 5) is 20.7. The van der Waals surface area contributed by atoms with Crippen LogP contribution >= 0.6 is 0 Å². The fourth-order valence-corrected chi connectivity index (χ4v) is 5.52. The second kappa shape index (κ2) is 6.18. The summed E-state index contributed by atoms with van der Waals surface area (Å²) in [7, 11) is -3.13. The Morgan fingerprint density at radius 3 is 2.74 bits per heavy atom. The summed E-state index contributed by atoms with van der Waals surface area (Å²) in [5.74, 6) is -0.137. The van der Waals surface area contributed by atoms with Gasteiger partial charge in [0.2, 0.25) is 0 Å². The number of fused-ring (bicyclic) bond motifs is 1. The van der Waals surface area contributed by atoms with Gasteiger partial charge in [-0.05, 0) is 18.7 Å². The first-order chi connectivity index (χ1) is 10.9. The zero-order chi connectivity index (χ0) is 16.6. The van der Waals surface area contributed by atoms with Crippen molar-refractivity contribution in [2.75, 3.05) is 31.1 Å². The molecule has 8 heteroatoms. The number of rotatable bonds is 3. The molecule has 1 aromatic heterocycles. The van der Waals surface area contributed by atoms with Gasteiger partial charge >= 0.3 is 0 Å². The molecule has 0 aliphatic carbocycles. The number of carbonyl (C=O) groups excluding carboxylic acids is 1. The quantitative estimate of drug-likeness (QED) is 0.800. The van der Waals surface area contributed by atoms with Gasteiger partial charge in [0.15, 0.2) is 9.84 Å². The van der Waals surface area contributed by atoms with Gasteiger partial charge in [-0.25, -0.2) is 13.4 Å². The third kappa shape index (κ3) is 3.11. The molecule has 2 aliphatic heterocycles. The molecule has 7 nitrogen and oxygen atoms in total. The van der Waals surface area contributed by atoms with Crippen molar-refractivity contribution < 1.29 is 18.3 Å². The predicted molar refractivity (Wildman–Crippen MR) is 84.7 cm³/mol. The average molecular weight is 339 g/mol. The Hall–Kier alpha value is -1.51. The predicted octanol–water partition coefficient (Wildman–Crippen LogP) is -0.483. The number of hydrogen-bond acceptors (Lipinski definition) is 6. The lowest BCUT2D eigenvalue weighted by atomic mass is 10.0. The highest BCUT2D eigenvalue weighted by molar-refractivity contribution is 7.91. The molecule has 2 aliphatic rings. The van der Waals surface area contributed by atoms with Crippen LogP contribution in [-0.4, -0.2) is 77.4 Å². The van der Waals surface area contributed by atoms with Crippen molar-refractivity contribution in [2.45, 2.75) is 25.6 Å². The molecule has 3 rings (SSSR count). The number of aromatic nitrogens is 1. The highest BCUT2D eigenvalue weighted by Crippen LogP contribution is 2.27. The fourth-order valence-electron chi connectivity index (χ4n) is 3.50. The number of hydrogen-bond donors (Lipinski definition) is 1. The van der Waals surface area contributed by atoms with Gasteiger partial charge < -0.3 is 10.0 Å². The van der Waals surface area contributed by atoms with Crippen molar-refractivity contribution in [1.82, 2.24) is 14.8 Å². The Morgan fingerprint density at radius 2 is 2.04 bits per heavy atom. The Kier molecular flexibility index (Phi) is 4.39. The number of nitrogens with zero attached hydrogens (tertiary/aromatic N) is 3. The zero-order valence-electron chi connectivity index (χ0n) is 13.1. The van der Waals surface area contributed by atoms with E-state index in [2.05, 4.69) is 9.88 Å². The Labute approximate surface area is 135 Å². The minimum atomic E-state index is -3.13. The zero-order valence-corrected chi connectivity index (χ0v) is 13.9. The van der Waals surface area contributed by atoms with E-state index in [1.165, 1.54) is 0 Å². The molecule has 3 heterocycles. The first-order valence-corrected chi connectivity index (χ1v) is 9.59. The van der Waals surface area contributed by atoms with E-state index in [1.54, 1.807) is 23.1 Å². The van der Waals surface area contributed by atoms with E-state index in [0.29, 0.717) is 18.8 Å². The van der Waals surface area contributed by atoms with E-state index in [1.807, 2.05) is 6.92 Å². The number of pyridine rings is 1. The van der Waals surface area contributed by atoms with Gasteiger partial charge in [-0.1, -0.05) is 13.0 Å². The molecule has 1 N–H and O–H groups in total. The van der Waals surface area contributed by atoms with E-state index in [-0.39, 0.29) is 41.8 Å². The normalized spacial score (nSPS) is 27.0. The minimum Gasteiger partial charge on any atom is -0.390 e. The van der Waals surface area contributed by atoms with Crippen molar-refractivity contribution in [3.63, 3.8) is 0 Å². The van der Waals surface area contributed by atoms with Crippen LogP contribution in [0.15, 0.2) is 18.2 Å². The van der Waals surface area contributed by atoms with E-state index in [9.17, 15) is 13.2 Å². The SMILES string of the molecule is CCN1CCN(C(=O)c2cccc(CO)n2)[C@H]2CS(=O)(=O)C[C@H]21. The lowest BCUT2D eigenvalue weighted by Crippen LogP contribution is -2.60. The molecule has 0 saturated carbocycles. The largest absolute Gasteiger partial charge is 0.390 e. The first kappa shape index (κ1) is 16.4. The number of aliphatic hydroxyl groups is 1. The summed E-state index contributed by atoms with van der Waals surface area (Å²) < 4.78 is 24.1. The van der Waals surface area contributed by atoms with Crippen molar-refractivity contribution >= 4 is 15.7 Å². The molecule has 2 fully saturated rings. The standard InChI is InChI=1S/C15H21N3O4S/c1-2-17-6-7-18(14-10-23(21,22)9-13(14)17)15(20)12-5-3-4-11(8-19)16-12/h3-5,13-14,19H,2,6-10H2,1H3/t13-,14+/m1/s1. The lowest BCUT2D eigenvalue weighted by Gasteiger charge is -2.43. The topological polar surface area (TPSA) is 90.8 Å². The van der Waals surface area contributed by atoms with Gasteiger partial charge in [-0.3, -0.25) is 9.69 Å². The van der Waals surface area contributed by atoms with E-state index in [0.717, 1.165) is 6.54 Å². The Bertz CT molecular complexity index is 706. The van der Waals surface area contributed by atoms with Crippen molar-refractivity contribution in [3.05, 3.63) is 29.6 Å². The van der Waals surface area contributed by atoms with Crippen LogP contribution in [0.1, 0.15) is 23.1 Å². The number of likely N-dealkylation sites (N-methyl/N-ethyl adjacent to an activating group) is 1. The van der Waals surface area contributed by atoms with Gasteiger partial charge in [0, 0.05) is 19.1 Å². The van der Waals surface area contributed by atoms with Crippen LogP contribution in [0, 0.1) is 0 Å². The second-order valence-electron chi connectivity index (χ2n) is 6.01. The number of piperazine rings is 1. The molecule has 0 spiro atoms. The maximum Gasteiger partial charge on any atom is 0.272 e. The maximum absolute atomic E-state index is 12.8. The third-order valence-corrected chi connectivity index (χ3v) is 6.34. The molecule has 0 radical (unpaired) electrons. The molecule has 23 heavy (non-hydrogen) atoms. The lowest BCUT2D eigenvalue weighted by molar-refractivity contribution is 0.0344. The summed E-state index contributed by atoms with van der Waals surface area (Å²) >= 11 is 0. The fraction of sp³-hybridized carbons (Fsp3) is 0.600. The highest BCUT2D eigenvalue weighted by Gasteiger charge is 2.47. The summed E-state index contributed by atoms with van der Waals surface area (Å²) in [6, 6.07) is 4.47. The monoisotopic (exact) mass is 339 g/mol. The number of carbonyl (C=O) groups is 1. The summed E-state index contributed by atoms with van der Waals surface area (Å²) in [5, 5.41) is 9.17. The molecule has 0 aromatic carbocycles. The van der Waals surface area contributed by atoms with Crippen LogP contribution in [-0.2, 0) is 16.4 Å². The van der Waals surface area contributed by atoms with Crippen LogP contribution in [0.4, 0.5) is 0 Å². The molecule has 2 saturated heterocycles. The van der Waals surface area contributed by atoms with Crippen LogP contribution in [0.3, 0.4) is 0 Å². The maximum atomic E-state index is 12.8. The van der Waals surface area contributed by atoms with Gasteiger partial charge in [-0.2, -0.15) is 0 Å². The molecule has 2 atom stereocenters. The summed E-state index contributed by atoms with van der Waals surface area (Å²) in [6.07, 6.45) is 0. The average Bonchev–Trinajstić information content (AvgIpc) is 2.88. The molecule has 1 amide bonds. The molecule has 0 unspecified atom stereocenters. The van der Waals surface area contributed by atoms with Gasteiger partial charge in [0.1, 0.15) is 5.69 Å². The highest BCUT2D eigenvalue weighted by atomic mass is 32.2. The van der Waals surface area contributed by atoms with Gasteiger partial charge in [0.05, 0.1) is 29.8 Å². The van der Waals surface area contributed by atoms with Crippen molar-refractivity contribution in [2.24, 2.45) is 0 Å². The molecular weight excluding hydrogens is 318 g/mol.